The summed E-state index contributed by atoms with van der Waals surface area (Å²) in [5, 5.41) is 5.12. The van der Waals surface area contributed by atoms with Crippen LogP contribution < -0.4 is 10.6 Å². The number of hydrogen-bond donors (Lipinski definition) is 1. The molecule has 0 amide bonds. The smallest absolute Gasteiger partial charge is 0.223 e. The Hall–Kier alpha value is -3.22. The molecule has 2 aromatic carbocycles. The van der Waals surface area contributed by atoms with E-state index < -0.39 is 5.82 Å². The van der Waals surface area contributed by atoms with Crippen LogP contribution in [0.1, 0.15) is 17.8 Å². The van der Waals surface area contributed by atoms with E-state index in [4.69, 9.17) is 5.73 Å². The van der Waals surface area contributed by atoms with Gasteiger partial charge in [0, 0.05) is 30.6 Å². The zero-order chi connectivity index (χ0) is 18.4. The lowest BCUT2D eigenvalue weighted by Gasteiger charge is -2.30. The molecule has 6 nitrogen and oxygen atoms in total. The maximum absolute atomic E-state index is 14.1. The first-order valence-electron chi connectivity index (χ1n) is 9.13. The van der Waals surface area contributed by atoms with Gasteiger partial charge in [-0.3, -0.25) is 0 Å². The molecule has 0 unspecified atom stereocenters. The summed E-state index contributed by atoms with van der Waals surface area (Å²) < 4.78 is 15.6. The normalized spacial score (nSPS) is 14.0. The molecule has 0 spiro atoms. The van der Waals surface area contributed by atoms with Gasteiger partial charge in [-0.05, 0) is 36.6 Å². The highest BCUT2D eigenvalue weighted by Crippen LogP contribution is 2.27. The van der Waals surface area contributed by atoms with Gasteiger partial charge in [0.25, 0.3) is 0 Å². The molecule has 0 radical (unpaired) electrons. The average Bonchev–Trinajstić information content (AvgIpc) is 3.13. The summed E-state index contributed by atoms with van der Waals surface area (Å²) in [6, 6.07) is 13.3. The van der Waals surface area contributed by atoms with E-state index in [0.717, 1.165) is 25.9 Å². The SMILES string of the molecule is Nc1nc2c(F)cccc2c2nc(CCN3CCCc4ccccc43)nn12. The lowest BCUT2D eigenvalue weighted by molar-refractivity contribution is 0.636. The Morgan fingerprint density at radius 1 is 1.07 bits per heavy atom. The topological polar surface area (TPSA) is 72.3 Å². The highest BCUT2D eigenvalue weighted by atomic mass is 19.1. The van der Waals surface area contributed by atoms with Crippen molar-refractivity contribution >= 4 is 28.2 Å². The maximum Gasteiger partial charge on any atom is 0.223 e. The number of aryl methyl sites for hydroxylation is 1. The van der Waals surface area contributed by atoms with Crippen molar-refractivity contribution < 1.29 is 4.39 Å². The molecule has 0 aliphatic carbocycles. The molecule has 0 saturated heterocycles. The molecule has 7 heteroatoms. The second-order valence-corrected chi connectivity index (χ2v) is 6.84. The molecular formula is C20H19FN6. The third-order valence-electron chi connectivity index (χ3n) is 5.13. The number of nitrogen functional groups attached to an aromatic ring is 1. The average molecular weight is 362 g/mol. The monoisotopic (exact) mass is 362 g/mol. The van der Waals surface area contributed by atoms with Crippen LogP contribution in [0.15, 0.2) is 42.5 Å². The number of para-hydroxylation sites is 2. The van der Waals surface area contributed by atoms with Crippen molar-refractivity contribution in [2.75, 3.05) is 23.7 Å². The Balaban J connectivity index is 1.48. The van der Waals surface area contributed by atoms with Crippen molar-refractivity contribution in [1.29, 1.82) is 0 Å². The molecular weight excluding hydrogens is 343 g/mol. The lowest BCUT2D eigenvalue weighted by Crippen LogP contribution is -2.31. The summed E-state index contributed by atoms with van der Waals surface area (Å²) >= 11 is 0. The number of nitrogens with zero attached hydrogens (tertiary/aromatic N) is 5. The second kappa shape index (κ2) is 6.19. The summed E-state index contributed by atoms with van der Waals surface area (Å²) in [6.45, 7) is 1.86. The van der Waals surface area contributed by atoms with E-state index in [1.165, 1.54) is 21.8 Å². The van der Waals surface area contributed by atoms with Crippen molar-refractivity contribution in [2.24, 2.45) is 0 Å². The van der Waals surface area contributed by atoms with Crippen molar-refractivity contribution in [3.8, 4) is 0 Å². The van der Waals surface area contributed by atoms with E-state index in [0.29, 0.717) is 23.3 Å². The molecule has 1 aliphatic rings. The summed E-state index contributed by atoms with van der Waals surface area (Å²) in [5.41, 5.74) is 9.44. The lowest BCUT2D eigenvalue weighted by atomic mass is 10.0. The molecule has 4 aromatic rings. The van der Waals surface area contributed by atoms with Crippen LogP contribution in [0.5, 0.6) is 0 Å². The quantitative estimate of drug-likeness (QED) is 0.607. The second-order valence-electron chi connectivity index (χ2n) is 6.84. The third-order valence-corrected chi connectivity index (χ3v) is 5.13. The maximum atomic E-state index is 14.1. The summed E-state index contributed by atoms with van der Waals surface area (Å²) in [5.74, 6) is 0.421. The fourth-order valence-electron chi connectivity index (χ4n) is 3.84. The Bertz CT molecular complexity index is 1150. The minimum absolute atomic E-state index is 0.143. The molecule has 2 aromatic heterocycles. The van der Waals surface area contributed by atoms with Crippen LogP contribution >= 0.6 is 0 Å². The number of anilines is 2. The van der Waals surface area contributed by atoms with Crippen LogP contribution in [0.4, 0.5) is 16.0 Å². The van der Waals surface area contributed by atoms with Crippen LogP contribution in [0.2, 0.25) is 0 Å². The van der Waals surface area contributed by atoms with Crippen LogP contribution in [-0.2, 0) is 12.8 Å². The van der Waals surface area contributed by atoms with Gasteiger partial charge in [0.1, 0.15) is 11.3 Å². The first-order chi connectivity index (χ1) is 13.2. The van der Waals surface area contributed by atoms with Crippen LogP contribution in [0.25, 0.3) is 16.6 Å². The molecule has 27 heavy (non-hydrogen) atoms. The minimum atomic E-state index is -0.406. The van der Waals surface area contributed by atoms with Crippen molar-refractivity contribution in [3.05, 3.63) is 59.7 Å². The molecule has 2 N–H and O–H groups in total. The highest BCUT2D eigenvalue weighted by Gasteiger charge is 2.18. The zero-order valence-electron chi connectivity index (χ0n) is 14.8. The van der Waals surface area contributed by atoms with Gasteiger partial charge >= 0.3 is 0 Å². The van der Waals surface area contributed by atoms with Crippen LogP contribution in [-0.4, -0.2) is 32.7 Å². The van der Waals surface area contributed by atoms with E-state index >= 15 is 0 Å². The molecule has 3 heterocycles. The third kappa shape index (κ3) is 2.66. The Morgan fingerprint density at radius 3 is 2.89 bits per heavy atom. The van der Waals surface area contributed by atoms with E-state index in [-0.39, 0.29) is 11.5 Å². The zero-order valence-corrected chi connectivity index (χ0v) is 14.8. The van der Waals surface area contributed by atoms with Gasteiger partial charge in [0.15, 0.2) is 11.5 Å². The fraction of sp³-hybridized carbons (Fsp3) is 0.250. The molecule has 0 fully saturated rings. The van der Waals surface area contributed by atoms with E-state index in [2.05, 4.69) is 44.2 Å². The summed E-state index contributed by atoms with van der Waals surface area (Å²) in [4.78, 5) is 11.1. The Labute approximate surface area is 155 Å². The van der Waals surface area contributed by atoms with Crippen LogP contribution in [0.3, 0.4) is 0 Å². The van der Waals surface area contributed by atoms with E-state index in [1.807, 2.05) is 0 Å². The van der Waals surface area contributed by atoms with Crippen LogP contribution in [0, 0.1) is 5.82 Å². The summed E-state index contributed by atoms with van der Waals surface area (Å²) in [7, 11) is 0. The van der Waals surface area contributed by atoms with E-state index in [1.54, 1.807) is 12.1 Å². The number of rotatable bonds is 3. The Morgan fingerprint density at radius 2 is 1.96 bits per heavy atom. The molecule has 1 aliphatic heterocycles. The van der Waals surface area contributed by atoms with Gasteiger partial charge in [-0.2, -0.15) is 4.52 Å². The van der Waals surface area contributed by atoms with Gasteiger partial charge in [-0.1, -0.05) is 24.3 Å². The number of fused-ring (bicyclic) bond motifs is 4. The van der Waals surface area contributed by atoms with Crippen molar-refractivity contribution in [2.45, 2.75) is 19.3 Å². The van der Waals surface area contributed by atoms with Gasteiger partial charge in [0.2, 0.25) is 5.95 Å². The Kier molecular flexibility index (Phi) is 3.67. The van der Waals surface area contributed by atoms with Crippen molar-refractivity contribution in [3.63, 3.8) is 0 Å². The highest BCUT2D eigenvalue weighted by molar-refractivity contribution is 5.92. The molecule has 0 saturated carbocycles. The van der Waals surface area contributed by atoms with Gasteiger partial charge < -0.3 is 10.6 Å². The van der Waals surface area contributed by atoms with Gasteiger partial charge in [-0.15, -0.1) is 5.10 Å². The van der Waals surface area contributed by atoms with Crippen molar-refractivity contribution in [1.82, 2.24) is 19.6 Å². The largest absolute Gasteiger partial charge is 0.371 e. The molecule has 0 bridgehead atoms. The predicted octanol–water partition coefficient (Wildman–Crippen LogP) is 2.99. The number of hydrogen-bond acceptors (Lipinski definition) is 5. The number of aromatic nitrogens is 4. The molecule has 0 atom stereocenters. The first kappa shape index (κ1) is 16.0. The minimum Gasteiger partial charge on any atom is -0.371 e. The van der Waals surface area contributed by atoms with E-state index in [9.17, 15) is 4.39 Å². The number of nitrogens with two attached hydrogens (primary N) is 1. The van der Waals surface area contributed by atoms with Gasteiger partial charge in [-0.25, -0.2) is 14.4 Å². The summed E-state index contributed by atoms with van der Waals surface area (Å²) in [6.07, 6.45) is 2.96. The molecule has 5 rings (SSSR count). The van der Waals surface area contributed by atoms with Gasteiger partial charge in [0.05, 0.1) is 0 Å². The fourth-order valence-corrected chi connectivity index (χ4v) is 3.84. The number of halogens is 1. The number of benzene rings is 2. The standard InChI is InChI=1S/C20H19FN6/c21-15-8-3-7-14-18(15)24-20(22)27-19(14)23-17(25-27)10-12-26-11-4-6-13-5-1-2-9-16(13)26/h1-3,5,7-9H,4,6,10-12H2,(H2,22,24). The predicted molar refractivity (Wildman–Crippen MR) is 103 cm³/mol. The first-order valence-corrected chi connectivity index (χ1v) is 9.13. The molecule has 136 valence electrons.